The second-order valence-electron chi connectivity index (χ2n) is 3.33. The minimum Gasteiger partial charge on any atom is -0.478 e. The van der Waals surface area contributed by atoms with Crippen LogP contribution in [0.2, 0.25) is 20.6 Å². The van der Waals surface area contributed by atoms with Crippen LogP contribution in [-0.2, 0) is 0 Å². The zero-order valence-electron chi connectivity index (χ0n) is 9.75. The predicted molar refractivity (Wildman–Crippen MR) is 90.9 cm³/mol. The highest BCUT2D eigenvalue weighted by Crippen LogP contribution is 2.26. The molecular weight excluding hydrogens is 494 g/mol. The largest absolute Gasteiger partial charge is 0.478 e. The van der Waals surface area contributed by atoms with Gasteiger partial charge in [0.05, 0.1) is 0 Å². The number of carbonyl (C=O) groups is 1. The molecule has 1 N–H and O–H groups in total. The van der Waals surface area contributed by atoms with Crippen molar-refractivity contribution in [2.24, 2.45) is 0 Å². The minimum atomic E-state index is -1.14. The number of pyridine rings is 2. The van der Waals surface area contributed by atoms with E-state index in [1.54, 1.807) is 12.1 Å². The van der Waals surface area contributed by atoms with E-state index < -0.39 is 5.97 Å². The van der Waals surface area contributed by atoms with Crippen molar-refractivity contribution in [3.63, 3.8) is 0 Å². The molecule has 0 bridgehead atoms. The van der Waals surface area contributed by atoms with E-state index in [0.717, 1.165) is 4.47 Å². The Morgan fingerprint density at radius 3 is 1.81 bits per heavy atom. The Morgan fingerprint density at radius 2 is 1.43 bits per heavy atom. The molecule has 0 aliphatic heterocycles. The second kappa shape index (κ2) is 8.50. The molecule has 0 aliphatic carbocycles. The Morgan fingerprint density at radius 1 is 0.952 bits per heavy atom. The number of nitrogens with zero attached hydrogens (tertiary/aromatic N) is 2. The second-order valence-corrected chi connectivity index (χ2v) is 6.62. The summed E-state index contributed by atoms with van der Waals surface area (Å²) < 4.78 is 1.16. The van der Waals surface area contributed by atoms with Crippen molar-refractivity contribution in [3.8, 4) is 0 Å². The standard InChI is InChI=1S/C6H2BrCl2NO2.C5H2BrCl2N/c7-2-1-3(8)10-5(9)4(2)6(11)12;6-3-1-4(7)9-5(8)2-3/h1H,(H,11,12);1-2H. The van der Waals surface area contributed by atoms with E-state index in [-0.39, 0.29) is 15.9 Å². The van der Waals surface area contributed by atoms with Crippen LogP contribution < -0.4 is 0 Å². The van der Waals surface area contributed by atoms with Crippen molar-refractivity contribution < 1.29 is 9.90 Å². The van der Waals surface area contributed by atoms with Gasteiger partial charge in [0.15, 0.2) is 0 Å². The van der Waals surface area contributed by atoms with Crippen LogP contribution in [0.15, 0.2) is 27.1 Å². The maximum Gasteiger partial charge on any atom is 0.340 e. The molecule has 0 atom stereocenters. The van der Waals surface area contributed by atoms with Crippen LogP contribution in [0.25, 0.3) is 0 Å². The van der Waals surface area contributed by atoms with Gasteiger partial charge in [-0.15, -0.1) is 0 Å². The van der Waals surface area contributed by atoms with Gasteiger partial charge in [0.1, 0.15) is 26.2 Å². The summed E-state index contributed by atoms with van der Waals surface area (Å²) in [6.07, 6.45) is 0. The summed E-state index contributed by atoms with van der Waals surface area (Å²) in [4.78, 5) is 17.9. The fourth-order valence-electron chi connectivity index (χ4n) is 1.08. The fraction of sp³-hybridized carbons (Fsp3) is 0. The lowest BCUT2D eigenvalue weighted by Crippen LogP contribution is -2.00. The first kappa shape index (κ1) is 18.9. The number of hydrogen-bond acceptors (Lipinski definition) is 3. The van der Waals surface area contributed by atoms with E-state index in [4.69, 9.17) is 51.5 Å². The first-order chi connectivity index (χ1) is 9.70. The van der Waals surface area contributed by atoms with Gasteiger partial charge in [0.25, 0.3) is 0 Å². The van der Waals surface area contributed by atoms with E-state index in [1.165, 1.54) is 6.07 Å². The summed E-state index contributed by atoms with van der Waals surface area (Å²) in [7, 11) is 0. The van der Waals surface area contributed by atoms with Gasteiger partial charge in [-0.1, -0.05) is 62.3 Å². The Balaban J connectivity index is 0.000000219. The number of carboxylic acids is 1. The van der Waals surface area contributed by atoms with Gasteiger partial charge in [0.2, 0.25) is 0 Å². The van der Waals surface area contributed by atoms with E-state index >= 15 is 0 Å². The minimum absolute atomic E-state index is 0.0823. The molecule has 112 valence electrons. The first-order valence-corrected chi connectivity index (χ1v) is 8.04. The smallest absolute Gasteiger partial charge is 0.340 e. The quantitative estimate of drug-likeness (QED) is 0.491. The number of hydrogen-bond donors (Lipinski definition) is 1. The lowest BCUT2D eigenvalue weighted by atomic mass is 10.3. The molecule has 4 nitrogen and oxygen atoms in total. The van der Waals surface area contributed by atoms with Gasteiger partial charge in [-0.3, -0.25) is 0 Å². The molecule has 2 rings (SSSR count). The van der Waals surface area contributed by atoms with E-state index in [9.17, 15) is 4.79 Å². The van der Waals surface area contributed by atoms with E-state index in [2.05, 4.69) is 41.8 Å². The Bertz CT molecular complexity index is 612. The van der Waals surface area contributed by atoms with Crippen molar-refractivity contribution in [1.29, 1.82) is 0 Å². The molecule has 2 heterocycles. The maximum atomic E-state index is 10.6. The van der Waals surface area contributed by atoms with Gasteiger partial charge >= 0.3 is 5.97 Å². The third kappa shape index (κ3) is 6.26. The highest BCUT2D eigenvalue weighted by Gasteiger charge is 2.15. The molecular formula is C11H4Br2Cl4N2O2. The highest BCUT2D eigenvalue weighted by molar-refractivity contribution is 9.10. The van der Waals surface area contributed by atoms with Gasteiger partial charge in [-0.25, -0.2) is 14.8 Å². The molecule has 2 aromatic heterocycles. The van der Waals surface area contributed by atoms with Gasteiger partial charge in [0, 0.05) is 8.95 Å². The number of aromatic nitrogens is 2. The molecule has 21 heavy (non-hydrogen) atoms. The van der Waals surface area contributed by atoms with Crippen LogP contribution in [0, 0.1) is 0 Å². The Labute approximate surface area is 156 Å². The molecule has 10 heteroatoms. The summed E-state index contributed by atoms with van der Waals surface area (Å²) in [5.74, 6) is -1.14. The van der Waals surface area contributed by atoms with Gasteiger partial charge in [-0.05, 0) is 34.1 Å². The fourth-order valence-corrected chi connectivity index (χ4v) is 3.57. The predicted octanol–water partition coefficient (Wildman–Crippen LogP) is 6.00. The van der Waals surface area contributed by atoms with Crippen molar-refractivity contribution in [1.82, 2.24) is 9.97 Å². The Hall–Kier alpha value is -0.110. The monoisotopic (exact) mass is 494 g/mol. The van der Waals surface area contributed by atoms with E-state index in [1.807, 2.05) is 0 Å². The zero-order valence-corrected chi connectivity index (χ0v) is 15.9. The molecule has 0 unspecified atom stereocenters. The van der Waals surface area contributed by atoms with Crippen LogP contribution in [0.1, 0.15) is 10.4 Å². The molecule has 0 saturated heterocycles. The van der Waals surface area contributed by atoms with Crippen LogP contribution in [0.5, 0.6) is 0 Å². The SMILES string of the molecule is Clc1cc(Br)cc(Cl)n1.O=C(O)c1c(Br)cc(Cl)nc1Cl. The van der Waals surface area contributed by atoms with Crippen molar-refractivity contribution in [2.45, 2.75) is 0 Å². The lowest BCUT2D eigenvalue weighted by molar-refractivity contribution is 0.0695. The normalized spacial score (nSPS) is 9.81. The van der Waals surface area contributed by atoms with E-state index in [0.29, 0.717) is 14.8 Å². The number of carboxylic acid groups (broad SMARTS) is 1. The van der Waals surface area contributed by atoms with Crippen LogP contribution in [-0.4, -0.2) is 21.0 Å². The molecule has 0 aliphatic rings. The number of aromatic carboxylic acids is 1. The third-order valence-electron chi connectivity index (χ3n) is 1.84. The maximum absolute atomic E-state index is 10.6. The van der Waals surface area contributed by atoms with Crippen LogP contribution in [0.3, 0.4) is 0 Å². The van der Waals surface area contributed by atoms with Gasteiger partial charge in [-0.2, -0.15) is 0 Å². The van der Waals surface area contributed by atoms with Crippen LogP contribution in [0.4, 0.5) is 0 Å². The average Bonchev–Trinajstić information content (AvgIpc) is 2.24. The summed E-state index contributed by atoms with van der Waals surface area (Å²) >= 11 is 28.3. The third-order valence-corrected chi connectivity index (χ3v) is 3.78. The molecule has 0 saturated carbocycles. The van der Waals surface area contributed by atoms with Crippen molar-refractivity contribution in [2.75, 3.05) is 0 Å². The van der Waals surface area contributed by atoms with Crippen LogP contribution >= 0.6 is 78.3 Å². The summed E-state index contributed by atoms with van der Waals surface area (Å²) in [6.45, 7) is 0. The lowest BCUT2D eigenvalue weighted by Gasteiger charge is -2.00. The number of rotatable bonds is 1. The molecule has 0 fully saturated rings. The summed E-state index contributed by atoms with van der Waals surface area (Å²) in [6, 6.07) is 4.72. The summed E-state index contributed by atoms with van der Waals surface area (Å²) in [5.41, 5.74) is -0.0823. The van der Waals surface area contributed by atoms with Crippen molar-refractivity contribution >= 4 is 84.2 Å². The molecule has 0 aromatic carbocycles. The molecule has 2 aromatic rings. The molecule has 0 amide bonds. The highest BCUT2D eigenvalue weighted by atomic mass is 79.9. The molecule has 0 spiro atoms. The van der Waals surface area contributed by atoms with Crippen molar-refractivity contribution in [3.05, 3.63) is 53.3 Å². The molecule has 0 radical (unpaired) electrons. The zero-order chi connectivity index (χ0) is 16.2. The topological polar surface area (TPSA) is 63.1 Å². The van der Waals surface area contributed by atoms with Gasteiger partial charge < -0.3 is 5.11 Å². The first-order valence-electron chi connectivity index (χ1n) is 4.94. The summed E-state index contributed by atoms with van der Waals surface area (Å²) in [5, 5.41) is 9.46. The number of halogens is 6. The average molecular weight is 498 g/mol. The Kier molecular flexibility index (Phi) is 7.67.